The summed E-state index contributed by atoms with van der Waals surface area (Å²) in [6, 6.07) is 7.56. The van der Waals surface area contributed by atoms with Crippen LogP contribution in [0.2, 0.25) is 0 Å². The SMILES string of the molecule is CC(O)C1CCCN(C(=O)c2cccc(OC3CCCC3)c2)C1. The third-order valence-corrected chi connectivity index (χ3v) is 5.11. The number of piperidine rings is 1. The van der Waals surface area contributed by atoms with Crippen molar-refractivity contribution in [1.29, 1.82) is 0 Å². The van der Waals surface area contributed by atoms with E-state index in [4.69, 9.17) is 4.74 Å². The smallest absolute Gasteiger partial charge is 0.253 e. The summed E-state index contributed by atoms with van der Waals surface area (Å²) in [4.78, 5) is 14.6. The molecule has 1 saturated carbocycles. The fourth-order valence-electron chi connectivity index (χ4n) is 3.67. The van der Waals surface area contributed by atoms with Gasteiger partial charge in [-0.3, -0.25) is 4.79 Å². The Kier molecular flexibility index (Phi) is 5.21. The number of rotatable bonds is 4. The molecule has 126 valence electrons. The standard InChI is InChI=1S/C19H27NO3/c1-14(21)16-7-5-11-20(13-16)19(22)15-6-4-10-18(12-15)23-17-8-2-3-9-17/h4,6,10,12,14,16-17,21H,2-3,5,7-9,11,13H2,1H3. The molecule has 0 radical (unpaired) electrons. The first-order chi connectivity index (χ1) is 11.1. The predicted molar refractivity (Wildman–Crippen MR) is 89.6 cm³/mol. The zero-order valence-electron chi connectivity index (χ0n) is 13.9. The summed E-state index contributed by atoms with van der Waals surface area (Å²) in [5.41, 5.74) is 0.687. The fraction of sp³-hybridized carbons (Fsp3) is 0.632. The Balaban J connectivity index is 1.66. The van der Waals surface area contributed by atoms with E-state index in [1.54, 1.807) is 0 Å². The van der Waals surface area contributed by atoms with Gasteiger partial charge in [-0.1, -0.05) is 6.07 Å². The lowest BCUT2D eigenvalue weighted by atomic mass is 9.93. The molecular formula is C19H27NO3. The van der Waals surface area contributed by atoms with Gasteiger partial charge in [0.25, 0.3) is 5.91 Å². The van der Waals surface area contributed by atoms with E-state index in [1.165, 1.54) is 12.8 Å². The molecule has 2 unspecified atom stereocenters. The normalized spacial score (nSPS) is 23.7. The Morgan fingerprint density at radius 2 is 2.04 bits per heavy atom. The highest BCUT2D eigenvalue weighted by Crippen LogP contribution is 2.26. The molecule has 1 aliphatic heterocycles. The number of carbonyl (C=O) groups is 1. The first-order valence-electron chi connectivity index (χ1n) is 8.87. The monoisotopic (exact) mass is 317 g/mol. The molecule has 0 bridgehead atoms. The lowest BCUT2D eigenvalue weighted by Crippen LogP contribution is -2.42. The average Bonchev–Trinajstić information content (AvgIpc) is 3.07. The molecule has 1 N–H and O–H groups in total. The van der Waals surface area contributed by atoms with Gasteiger partial charge in [-0.25, -0.2) is 0 Å². The van der Waals surface area contributed by atoms with Gasteiger partial charge in [0, 0.05) is 24.6 Å². The highest BCUT2D eigenvalue weighted by atomic mass is 16.5. The second-order valence-electron chi connectivity index (χ2n) is 6.95. The van der Waals surface area contributed by atoms with Gasteiger partial charge in [-0.05, 0) is 63.6 Å². The van der Waals surface area contributed by atoms with Crippen LogP contribution in [-0.2, 0) is 0 Å². The topological polar surface area (TPSA) is 49.8 Å². The molecule has 4 nitrogen and oxygen atoms in total. The number of hydrogen-bond donors (Lipinski definition) is 1. The van der Waals surface area contributed by atoms with Gasteiger partial charge < -0.3 is 14.7 Å². The summed E-state index contributed by atoms with van der Waals surface area (Å²) < 4.78 is 6.00. The zero-order valence-corrected chi connectivity index (χ0v) is 13.9. The molecule has 2 aliphatic rings. The lowest BCUT2D eigenvalue weighted by molar-refractivity contribution is 0.0465. The summed E-state index contributed by atoms with van der Waals surface area (Å²) in [5.74, 6) is 1.03. The van der Waals surface area contributed by atoms with E-state index in [0.29, 0.717) is 18.2 Å². The molecule has 2 fully saturated rings. The van der Waals surface area contributed by atoms with Crippen molar-refractivity contribution in [3.8, 4) is 5.75 Å². The molecule has 2 atom stereocenters. The van der Waals surface area contributed by atoms with Gasteiger partial charge in [-0.15, -0.1) is 0 Å². The fourth-order valence-corrected chi connectivity index (χ4v) is 3.67. The zero-order chi connectivity index (χ0) is 16.2. The Bertz CT molecular complexity index is 537. The van der Waals surface area contributed by atoms with E-state index in [9.17, 15) is 9.90 Å². The Morgan fingerprint density at radius 3 is 2.78 bits per heavy atom. The first-order valence-corrected chi connectivity index (χ1v) is 8.87. The van der Waals surface area contributed by atoms with Crippen LogP contribution in [0.3, 0.4) is 0 Å². The number of likely N-dealkylation sites (tertiary alicyclic amines) is 1. The summed E-state index contributed by atoms with van der Waals surface area (Å²) >= 11 is 0. The van der Waals surface area contributed by atoms with Crippen LogP contribution >= 0.6 is 0 Å². The van der Waals surface area contributed by atoms with Gasteiger partial charge in [0.2, 0.25) is 0 Å². The lowest BCUT2D eigenvalue weighted by Gasteiger charge is -2.34. The second kappa shape index (κ2) is 7.35. The predicted octanol–water partition coefficient (Wildman–Crippen LogP) is 3.24. The number of hydrogen-bond acceptors (Lipinski definition) is 3. The minimum absolute atomic E-state index is 0.0484. The number of ether oxygens (including phenoxy) is 1. The number of aliphatic hydroxyl groups is 1. The van der Waals surface area contributed by atoms with Crippen molar-refractivity contribution in [2.75, 3.05) is 13.1 Å². The van der Waals surface area contributed by atoms with Crippen molar-refractivity contribution in [3.05, 3.63) is 29.8 Å². The van der Waals surface area contributed by atoms with Crippen molar-refractivity contribution in [1.82, 2.24) is 4.90 Å². The maximum Gasteiger partial charge on any atom is 0.253 e. The van der Waals surface area contributed by atoms with Crippen molar-refractivity contribution in [2.45, 2.75) is 57.7 Å². The molecule has 0 spiro atoms. The van der Waals surface area contributed by atoms with Crippen LogP contribution in [0.4, 0.5) is 0 Å². The Morgan fingerprint density at radius 1 is 1.26 bits per heavy atom. The maximum absolute atomic E-state index is 12.7. The number of carbonyl (C=O) groups excluding carboxylic acids is 1. The van der Waals surface area contributed by atoms with Crippen molar-refractivity contribution in [3.63, 3.8) is 0 Å². The van der Waals surface area contributed by atoms with E-state index in [0.717, 1.165) is 38.0 Å². The van der Waals surface area contributed by atoms with Crippen LogP contribution in [0.15, 0.2) is 24.3 Å². The third kappa shape index (κ3) is 4.05. The van der Waals surface area contributed by atoms with Crippen LogP contribution < -0.4 is 4.74 Å². The molecule has 0 aromatic heterocycles. The summed E-state index contributed by atoms with van der Waals surface area (Å²) in [6.07, 6.45) is 6.58. The van der Waals surface area contributed by atoms with Crippen LogP contribution in [0, 0.1) is 5.92 Å². The van der Waals surface area contributed by atoms with Gasteiger partial charge in [0.15, 0.2) is 0 Å². The molecule has 1 aromatic carbocycles. The van der Waals surface area contributed by atoms with Crippen LogP contribution in [0.5, 0.6) is 5.75 Å². The Hall–Kier alpha value is -1.55. The molecular weight excluding hydrogens is 290 g/mol. The van der Waals surface area contributed by atoms with E-state index in [2.05, 4.69) is 0 Å². The highest BCUT2D eigenvalue weighted by Gasteiger charge is 2.27. The molecule has 4 heteroatoms. The van der Waals surface area contributed by atoms with Gasteiger partial charge in [-0.2, -0.15) is 0 Å². The van der Waals surface area contributed by atoms with Crippen LogP contribution in [-0.4, -0.2) is 41.2 Å². The highest BCUT2D eigenvalue weighted by molar-refractivity contribution is 5.94. The van der Waals surface area contributed by atoms with Gasteiger partial charge in [0.1, 0.15) is 5.75 Å². The second-order valence-corrected chi connectivity index (χ2v) is 6.95. The molecule has 1 heterocycles. The molecule has 1 aliphatic carbocycles. The Labute approximate surface area is 138 Å². The number of amides is 1. The first kappa shape index (κ1) is 16.3. The molecule has 3 rings (SSSR count). The summed E-state index contributed by atoms with van der Waals surface area (Å²) in [7, 11) is 0. The van der Waals surface area contributed by atoms with E-state index in [1.807, 2.05) is 36.1 Å². The summed E-state index contributed by atoms with van der Waals surface area (Å²) in [5, 5.41) is 9.79. The van der Waals surface area contributed by atoms with Crippen molar-refractivity contribution >= 4 is 5.91 Å². The van der Waals surface area contributed by atoms with E-state index in [-0.39, 0.29) is 17.9 Å². The molecule has 1 saturated heterocycles. The van der Waals surface area contributed by atoms with Gasteiger partial charge in [0.05, 0.1) is 12.2 Å². The van der Waals surface area contributed by atoms with E-state index >= 15 is 0 Å². The number of nitrogens with zero attached hydrogens (tertiary/aromatic N) is 1. The maximum atomic E-state index is 12.7. The largest absolute Gasteiger partial charge is 0.490 e. The van der Waals surface area contributed by atoms with E-state index < -0.39 is 0 Å². The van der Waals surface area contributed by atoms with Crippen molar-refractivity contribution in [2.24, 2.45) is 5.92 Å². The average molecular weight is 317 g/mol. The van der Waals surface area contributed by atoms with Crippen molar-refractivity contribution < 1.29 is 14.6 Å². The quantitative estimate of drug-likeness (QED) is 0.927. The minimum Gasteiger partial charge on any atom is -0.490 e. The molecule has 23 heavy (non-hydrogen) atoms. The third-order valence-electron chi connectivity index (χ3n) is 5.11. The van der Waals surface area contributed by atoms with Crippen LogP contribution in [0.1, 0.15) is 55.8 Å². The van der Waals surface area contributed by atoms with Crippen LogP contribution in [0.25, 0.3) is 0 Å². The summed E-state index contributed by atoms with van der Waals surface area (Å²) in [6.45, 7) is 3.23. The minimum atomic E-state index is -0.359. The number of aliphatic hydroxyl groups excluding tert-OH is 1. The molecule has 1 aromatic rings. The molecule has 1 amide bonds. The number of benzene rings is 1. The van der Waals surface area contributed by atoms with Gasteiger partial charge >= 0.3 is 0 Å².